The Morgan fingerprint density at radius 2 is 2.23 bits per heavy atom. The SMILES string of the molecule is CCOc1ccc2c(C)cc(=O)oc2c1NC(=S)NC1CC1. The zero-order valence-corrected chi connectivity index (χ0v) is 13.4. The summed E-state index contributed by atoms with van der Waals surface area (Å²) in [6, 6.07) is 5.68. The van der Waals surface area contributed by atoms with Gasteiger partial charge in [0.1, 0.15) is 11.4 Å². The minimum atomic E-state index is -0.386. The topological polar surface area (TPSA) is 63.5 Å². The van der Waals surface area contributed by atoms with Gasteiger partial charge < -0.3 is 19.8 Å². The lowest BCUT2D eigenvalue weighted by Crippen LogP contribution is -2.30. The minimum Gasteiger partial charge on any atom is -0.492 e. The first kappa shape index (κ1) is 14.8. The van der Waals surface area contributed by atoms with E-state index in [9.17, 15) is 4.79 Å². The molecule has 0 saturated heterocycles. The van der Waals surface area contributed by atoms with Gasteiger partial charge in [0, 0.05) is 17.5 Å². The maximum absolute atomic E-state index is 11.7. The highest BCUT2D eigenvalue weighted by atomic mass is 32.1. The molecule has 1 aliphatic rings. The molecule has 0 radical (unpaired) electrons. The average Bonchev–Trinajstić information content (AvgIpc) is 3.25. The standard InChI is InChI=1S/C16H18N2O3S/c1-3-20-12-7-6-11-9(2)8-13(19)21-15(11)14(12)18-16(22)17-10-4-5-10/h6-8,10H,3-5H2,1-2H3,(H2,17,18,22). The van der Waals surface area contributed by atoms with Gasteiger partial charge in [-0.05, 0) is 56.6 Å². The molecule has 5 nitrogen and oxygen atoms in total. The van der Waals surface area contributed by atoms with Gasteiger partial charge in [0.05, 0.1) is 6.61 Å². The summed E-state index contributed by atoms with van der Waals surface area (Å²) in [6.07, 6.45) is 2.26. The van der Waals surface area contributed by atoms with E-state index in [-0.39, 0.29) is 5.63 Å². The third-order valence-electron chi connectivity index (χ3n) is 3.53. The van der Waals surface area contributed by atoms with E-state index in [2.05, 4.69) is 10.6 Å². The van der Waals surface area contributed by atoms with Crippen LogP contribution in [0.3, 0.4) is 0 Å². The average molecular weight is 318 g/mol. The van der Waals surface area contributed by atoms with E-state index in [0.717, 1.165) is 23.8 Å². The molecule has 1 aromatic carbocycles. The lowest BCUT2D eigenvalue weighted by atomic mass is 10.1. The molecule has 1 aliphatic carbocycles. The second kappa shape index (κ2) is 5.96. The molecule has 2 aromatic rings. The minimum absolute atomic E-state index is 0.386. The van der Waals surface area contributed by atoms with Crippen LogP contribution >= 0.6 is 12.2 Å². The quantitative estimate of drug-likeness (QED) is 0.667. The molecule has 3 rings (SSSR count). The second-order valence-electron chi connectivity index (χ2n) is 5.37. The molecule has 0 bridgehead atoms. The second-order valence-corrected chi connectivity index (χ2v) is 5.78. The van der Waals surface area contributed by atoms with Crippen LogP contribution in [-0.4, -0.2) is 17.8 Å². The molecule has 1 fully saturated rings. The fraction of sp³-hybridized carbons (Fsp3) is 0.375. The molecule has 0 aliphatic heterocycles. The van der Waals surface area contributed by atoms with E-state index in [4.69, 9.17) is 21.4 Å². The molecular weight excluding hydrogens is 300 g/mol. The van der Waals surface area contributed by atoms with Crippen LogP contribution in [0.15, 0.2) is 27.4 Å². The first-order chi connectivity index (χ1) is 10.6. The van der Waals surface area contributed by atoms with Crippen molar-refractivity contribution >= 4 is 34.0 Å². The zero-order chi connectivity index (χ0) is 15.7. The van der Waals surface area contributed by atoms with Crippen LogP contribution in [0.25, 0.3) is 11.0 Å². The van der Waals surface area contributed by atoms with Crippen LogP contribution in [0.2, 0.25) is 0 Å². The molecule has 6 heteroatoms. The molecule has 22 heavy (non-hydrogen) atoms. The van der Waals surface area contributed by atoms with E-state index in [1.54, 1.807) is 0 Å². The monoisotopic (exact) mass is 318 g/mol. The lowest BCUT2D eigenvalue weighted by Gasteiger charge is -2.16. The van der Waals surface area contributed by atoms with Crippen molar-refractivity contribution in [1.82, 2.24) is 5.32 Å². The van der Waals surface area contributed by atoms with E-state index in [1.165, 1.54) is 6.07 Å². The van der Waals surface area contributed by atoms with Crippen molar-refractivity contribution in [3.05, 3.63) is 34.2 Å². The Kier molecular flexibility index (Phi) is 4.02. The number of nitrogens with one attached hydrogen (secondary N) is 2. The third-order valence-corrected chi connectivity index (χ3v) is 3.75. The number of anilines is 1. The molecule has 1 aromatic heterocycles. The Labute approximate surface area is 133 Å². The number of hydrogen-bond donors (Lipinski definition) is 2. The fourth-order valence-electron chi connectivity index (χ4n) is 2.32. The summed E-state index contributed by atoms with van der Waals surface area (Å²) < 4.78 is 11.0. The van der Waals surface area contributed by atoms with Gasteiger partial charge in [-0.25, -0.2) is 4.79 Å². The van der Waals surface area contributed by atoms with Crippen LogP contribution in [0, 0.1) is 6.92 Å². The highest BCUT2D eigenvalue weighted by Crippen LogP contribution is 2.34. The van der Waals surface area contributed by atoms with Gasteiger partial charge in [0.15, 0.2) is 10.7 Å². The molecule has 2 N–H and O–H groups in total. The summed E-state index contributed by atoms with van der Waals surface area (Å²) in [6.45, 7) is 4.30. The summed E-state index contributed by atoms with van der Waals surface area (Å²) in [5, 5.41) is 7.71. The Morgan fingerprint density at radius 1 is 1.45 bits per heavy atom. The van der Waals surface area contributed by atoms with Crippen molar-refractivity contribution in [3.8, 4) is 5.75 Å². The maximum Gasteiger partial charge on any atom is 0.336 e. The van der Waals surface area contributed by atoms with Gasteiger partial charge in [-0.15, -0.1) is 0 Å². The number of fused-ring (bicyclic) bond motifs is 1. The van der Waals surface area contributed by atoms with Gasteiger partial charge >= 0.3 is 5.63 Å². The lowest BCUT2D eigenvalue weighted by molar-refractivity contribution is 0.342. The first-order valence-corrected chi connectivity index (χ1v) is 7.77. The smallest absolute Gasteiger partial charge is 0.336 e. The van der Waals surface area contributed by atoms with E-state index < -0.39 is 0 Å². The number of aryl methyl sites for hydroxylation is 1. The number of thiocarbonyl (C=S) groups is 1. The van der Waals surface area contributed by atoms with Gasteiger partial charge in [0.2, 0.25) is 0 Å². The number of hydrogen-bond acceptors (Lipinski definition) is 4. The van der Waals surface area contributed by atoms with Crippen LogP contribution < -0.4 is 21.0 Å². The molecular formula is C16H18N2O3S. The summed E-state index contributed by atoms with van der Waals surface area (Å²) in [4.78, 5) is 11.7. The maximum atomic E-state index is 11.7. The van der Waals surface area contributed by atoms with Crippen LogP contribution in [0.5, 0.6) is 5.75 Å². The number of ether oxygens (including phenoxy) is 1. The first-order valence-electron chi connectivity index (χ1n) is 7.36. The predicted octanol–water partition coefficient (Wildman–Crippen LogP) is 2.95. The highest BCUT2D eigenvalue weighted by Gasteiger charge is 2.23. The third kappa shape index (κ3) is 3.06. The normalized spacial score (nSPS) is 13.9. The molecule has 0 atom stereocenters. The van der Waals surface area contributed by atoms with Gasteiger partial charge in [-0.2, -0.15) is 0 Å². The molecule has 1 saturated carbocycles. The van der Waals surface area contributed by atoms with Crippen molar-refractivity contribution in [1.29, 1.82) is 0 Å². The van der Waals surface area contributed by atoms with Crippen molar-refractivity contribution < 1.29 is 9.15 Å². The number of rotatable bonds is 4. The molecule has 0 amide bonds. The zero-order valence-electron chi connectivity index (χ0n) is 12.6. The molecule has 1 heterocycles. The summed E-state index contributed by atoms with van der Waals surface area (Å²) in [5.41, 5.74) is 1.54. The molecule has 0 unspecified atom stereocenters. The predicted molar refractivity (Wildman–Crippen MR) is 90.8 cm³/mol. The van der Waals surface area contributed by atoms with Crippen LogP contribution in [-0.2, 0) is 0 Å². The largest absolute Gasteiger partial charge is 0.492 e. The highest BCUT2D eigenvalue weighted by molar-refractivity contribution is 7.80. The summed E-state index contributed by atoms with van der Waals surface area (Å²) in [7, 11) is 0. The van der Waals surface area contributed by atoms with Gasteiger partial charge in [-0.3, -0.25) is 0 Å². The van der Waals surface area contributed by atoms with Crippen LogP contribution in [0.4, 0.5) is 5.69 Å². The van der Waals surface area contributed by atoms with Crippen molar-refractivity contribution in [2.24, 2.45) is 0 Å². The Hall–Kier alpha value is -2.08. The molecule has 0 spiro atoms. The Balaban J connectivity index is 2.07. The van der Waals surface area contributed by atoms with Gasteiger partial charge in [0.25, 0.3) is 0 Å². The number of benzene rings is 1. The van der Waals surface area contributed by atoms with Crippen LogP contribution in [0.1, 0.15) is 25.3 Å². The van der Waals surface area contributed by atoms with Crippen molar-refractivity contribution in [3.63, 3.8) is 0 Å². The Morgan fingerprint density at radius 3 is 2.91 bits per heavy atom. The molecule has 116 valence electrons. The van der Waals surface area contributed by atoms with Crippen molar-refractivity contribution in [2.45, 2.75) is 32.7 Å². The Bertz CT molecular complexity index is 781. The van der Waals surface area contributed by atoms with E-state index in [0.29, 0.717) is 34.8 Å². The van der Waals surface area contributed by atoms with Crippen molar-refractivity contribution in [2.75, 3.05) is 11.9 Å². The van der Waals surface area contributed by atoms with Gasteiger partial charge in [-0.1, -0.05) is 0 Å². The summed E-state index contributed by atoms with van der Waals surface area (Å²) in [5.74, 6) is 0.615. The van der Waals surface area contributed by atoms with E-state index >= 15 is 0 Å². The fourth-order valence-corrected chi connectivity index (χ4v) is 2.59. The summed E-state index contributed by atoms with van der Waals surface area (Å²) >= 11 is 5.33. The van der Waals surface area contributed by atoms with E-state index in [1.807, 2.05) is 26.0 Å².